The number of hydrogen-bond donors (Lipinski definition) is 0. The summed E-state index contributed by atoms with van der Waals surface area (Å²) < 4.78 is 5.13. The Hall–Kier alpha value is 0.664. The van der Waals surface area contributed by atoms with Crippen molar-refractivity contribution in [1.82, 2.24) is 0 Å². The van der Waals surface area contributed by atoms with Gasteiger partial charge in [0, 0.05) is 0 Å². The number of hydrogen-bond acceptors (Lipinski definition) is 2. The van der Waals surface area contributed by atoms with Crippen LogP contribution in [0.4, 0.5) is 0 Å². The van der Waals surface area contributed by atoms with Gasteiger partial charge in [-0.2, -0.15) is 11.6 Å². The first-order valence-electron chi connectivity index (χ1n) is 4.84. The molecule has 19 heavy (non-hydrogen) atoms. The monoisotopic (exact) mass is 318 g/mol. The Labute approximate surface area is 159 Å². The molecule has 0 aliphatic rings. The van der Waals surface area contributed by atoms with Crippen LogP contribution in [0.3, 0.4) is 0 Å². The second-order valence-electron chi connectivity index (χ2n) is 3.44. The standard InChI is InChI=1S/C13H13OS.2ClH.Li.Mg/c1-9-8-13(10(2)15-9)11-4-6-12(14-3)7-5-11;;;;/h4-7H,1-3H3;2*1H;;/q-1;;;+1;+2/p-2. The van der Waals surface area contributed by atoms with Crippen molar-refractivity contribution >= 4 is 34.4 Å². The Balaban J connectivity index is -0.000000640. The summed E-state index contributed by atoms with van der Waals surface area (Å²) in [5.41, 5.74) is 2.41. The molecule has 0 saturated carbocycles. The van der Waals surface area contributed by atoms with Crippen molar-refractivity contribution in [3.05, 3.63) is 40.1 Å². The van der Waals surface area contributed by atoms with Crippen LogP contribution >= 0.6 is 11.3 Å². The van der Waals surface area contributed by atoms with E-state index in [-0.39, 0.29) is 66.7 Å². The molecule has 0 amide bonds. The number of rotatable bonds is 2. The van der Waals surface area contributed by atoms with Gasteiger partial charge in [0.05, 0.1) is 7.11 Å². The molecule has 0 aliphatic heterocycles. The van der Waals surface area contributed by atoms with Crippen LogP contribution in [-0.2, 0) is 0 Å². The topological polar surface area (TPSA) is 9.23 Å². The largest absolute Gasteiger partial charge is 2.00 e. The van der Waals surface area contributed by atoms with E-state index in [1.807, 2.05) is 12.1 Å². The average Bonchev–Trinajstić information content (AvgIpc) is 2.58. The molecular weight excluding hydrogens is 306 g/mol. The summed E-state index contributed by atoms with van der Waals surface area (Å²) in [7, 11) is 1.68. The van der Waals surface area contributed by atoms with E-state index in [4.69, 9.17) is 4.74 Å². The number of aryl methyl sites for hydroxylation is 2. The molecular formula is C13H13Cl2LiMgOS. The fraction of sp³-hybridized carbons (Fsp3) is 0.231. The summed E-state index contributed by atoms with van der Waals surface area (Å²) in [4.78, 5) is 2.55. The van der Waals surface area contributed by atoms with Crippen molar-refractivity contribution in [3.8, 4) is 16.9 Å². The minimum atomic E-state index is 0. The van der Waals surface area contributed by atoms with Crippen molar-refractivity contribution in [2.45, 2.75) is 13.8 Å². The maximum absolute atomic E-state index is 5.13. The molecule has 1 nitrogen and oxygen atoms in total. The minimum Gasteiger partial charge on any atom is -1.00 e. The summed E-state index contributed by atoms with van der Waals surface area (Å²) in [6.45, 7) is 4.22. The second-order valence-corrected chi connectivity index (χ2v) is 4.87. The molecule has 1 aromatic carbocycles. The van der Waals surface area contributed by atoms with E-state index in [9.17, 15) is 0 Å². The molecule has 0 spiro atoms. The maximum atomic E-state index is 5.13. The zero-order valence-corrected chi connectivity index (χ0v) is 15.3. The number of ether oxygens (including phenoxy) is 1. The molecule has 0 fully saturated rings. The fourth-order valence-electron chi connectivity index (χ4n) is 1.60. The fourth-order valence-corrected chi connectivity index (χ4v) is 2.49. The van der Waals surface area contributed by atoms with Gasteiger partial charge in [-0.3, -0.25) is 0 Å². The van der Waals surface area contributed by atoms with Gasteiger partial charge in [-0.1, -0.05) is 16.7 Å². The molecule has 1 aromatic heterocycles. The molecule has 6 heteroatoms. The maximum Gasteiger partial charge on any atom is 2.00 e. The third kappa shape index (κ3) is 6.31. The van der Waals surface area contributed by atoms with Gasteiger partial charge >= 0.3 is 41.9 Å². The van der Waals surface area contributed by atoms with E-state index in [0.29, 0.717) is 0 Å². The van der Waals surface area contributed by atoms with Crippen LogP contribution in [-0.4, -0.2) is 30.2 Å². The van der Waals surface area contributed by atoms with Crippen molar-refractivity contribution in [2.75, 3.05) is 7.11 Å². The smallest absolute Gasteiger partial charge is 1.00 e. The van der Waals surface area contributed by atoms with Crippen LogP contribution in [0, 0.1) is 19.9 Å². The van der Waals surface area contributed by atoms with Crippen LogP contribution in [0.2, 0.25) is 0 Å². The minimum absolute atomic E-state index is 0. The molecule has 1 heterocycles. The first kappa shape index (κ1) is 24.7. The molecule has 0 unspecified atom stereocenters. The van der Waals surface area contributed by atoms with Gasteiger partial charge in [-0.15, -0.1) is 17.7 Å². The van der Waals surface area contributed by atoms with Gasteiger partial charge in [0.2, 0.25) is 0 Å². The summed E-state index contributed by atoms with van der Waals surface area (Å²) in [6.07, 6.45) is 0. The van der Waals surface area contributed by atoms with Gasteiger partial charge in [0.15, 0.2) is 0 Å². The first-order chi connectivity index (χ1) is 7.20. The van der Waals surface area contributed by atoms with E-state index >= 15 is 0 Å². The zero-order valence-electron chi connectivity index (χ0n) is 11.6. The van der Waals surface area contributed by atoms with Gasteiger partial charge in [-0.25, -0.2) is 11.3 Å². The molecule has 0 N–H and O–H groups in total. The Bertz CT molecular complexity index is 474. The van der Waals surface area contributed by atoms with Crippen molar-refractivity contribution in [3.63, 3.8) is 0 Å². The summed E-state index contributed by atoms with van der Waals surface area (Å²) in [5, 5.41) is 0. The van der Waals surface area contributed by atoms with E-state index in [2.05, 4.69) is 32.0 Å². The van der Waals surface area contributed by atoms with Gasteiger partial charge < -0.3 is 29.6 Å². The zero-order chi connectivity index (χ0) is 10.8. The Morgan fingerprint density at radius 2 is 1.58 bits per heavy atom. The molecule has 0 bridgehead atoms. The Morgan fingerprint density at radius 3 is 1.95 bits per heavy atom. The molecule has 0 aliphatic carbocycles. The van der Waals surface area contributed by atoms with Crippen LogP contribution in [0.15, 0.2) is 24.3 Å². The molecule has 0 radical (unpaired) electrons. The number of benzene rings is 1. The van der Waals surface area contributed by atoms with Crippen LogP contribution < -0.4 is 48.4 Å². The third-order valence-electron chi connectivity index (χ3n) is 2.34. The van der Waals surface area contributed by atoms with Crippen molar-refractivity contribution in [2.24, 2.45) is 0 Å². The Morgan fingerprint density at radius 1 is 1.05 bits per heavy atom. The quantitative estimate of drug-likeness (QED) is 0.396. The number of thiophene rings is 1. The first-order valence-corrected chi connectivity index (χ1v) is 5.66. The van der Waals surface area contributed by atoms with E-state index < -0.39 is 0 Å². The average molecular weight is 319 g/mol. The van der Waals surface area contributed by atoms with Crippen LogP contribution in [0.25, 0.3) is 11.1 Å². The van der Waals surface area contributed by atoms with Crippen LogP contribution in [0.1, 0.15) is 9.75 Å². The normalized spacial score (nSPS) is 8.16. The second kappa shape index (κ2) is 11.3. The molecule has 0 atom stereocenters. The van der Waals surface area contributed by atoms with Crippen LogP contribution in [0.5, 0.6) is 5.75 Å². The summed E-state index contributed by atoms with van der Waals surface area (Å²) >= 11 is 1.79. The molecule has 2 aromatic rings. The summed E-state index contributed by atoms with van der Waals surface area (Å²) in [6, 6.07) is 11.5. The van der Waals surface area contributed by atoms with Crippen molar-refractivity contribution in [1.29, 1.82) is 0 Å². The molecule has 0 saturated heterocycles. The molecule has 2 rings (SSSR count). The number of halogens is 2. The predicted molar refractivity (Wildman–Crippen MR) is 70.4 cm³/mol. The van der Waals surface area contributed by atoms with E-state index in [0.717, 1.165) is 5.75 Å². The van der Waals surface area contributed by atoms with Crippen molar-refractivity contribution < 1.29 is 48.4 Å². The molecule has 94 valence electrons. The van der Waals surface area contributed by atoms with Gasteiger partial charge in [0.1, 0.15) is 5.75 Å². The third-order valence-corrected chi connectivity index (χ3v) is 3.26. The van der Waals surface area contributed by atoms with E-state index in [1.54, 1.807) is 18.4 Å². The van der Waals surface area contributed by atoms with E-state index in [1.165, 1.54) is 20.9 Å². The Kier molecular flexibility index (Phi) is 14.7. The SMILES string of the molecule is COc1ccc(-c2[c-]c(C)sc2C)cc1.[Cl-].[Cl-].[Li+].[Mg+2]. The summed E-state index contributed by atoms with van der Waals surface area (Å²) in [5.74, 6) is 0.892. The number of methoxy groups -OCH3 is 1. The predicted octanol–water partition coefficient (Wildman–Crippen LogP) is -5.53. The van der Waals surface area contributed by atoms with Gasteiger partial charge in [0.25, 0.3) is 0 Å². The van der Waals surface area contributed by atoms with Gasteiger partial charge in [-0.05, 0) is 19.1 Å².